The zero-order chi connectivity index (χ0) is 11.2. The highest BCUT2D eigenvalue weighted by molar-refractivity contribution is 5.37. The Balaban J connectivity index is 2.52. The smallest absolute Gasteiger partial charge is 0.117 e. The van der Waals surface area contributed by atoms with Crippen LogP contribution in [0.3, 0.4) is 0 Å². The Hall–Kier alpha value is -0.820. The second-order valence-corrected chi connectivity index (χ2v) is 5.84. The number of hydrogen-bond acceptors (Lipinski definition) is 0. The Labute approximate surface area is 93.3 Å². The first-order valence-electron chi connectivity index (χ1n) is 5.83. The third kappa shape index (κ3) is 1.59. The number of rotatable bonds is 1. The minimum absolute atomic E-state index is 0.649. The molecule has 0 N–H and O–H groups in total. The van der Waals surface area contributed by atoms with Crippen molar-refractivity contribution in [2.75, 3.05) is 21.1 Å². The predicted octanol–water partition coefficient (Wildman–Crippen LogP) is 3.19. The number of benzene rings is 1. The minimum Gasteiger partial charge on any atom is -0.324 e. The van der Waals surface area contributed by atoms with E-state index in [-0.39, 0.29) is 0 Å². The summed E-state index contributed by atoms with van der Waals surface area (Å²) in [5.74, 6) is 1.44. The molecule has 15 heavy (non-hydrogen) atoms. The molecule has 1 aromatic rings. The van der Waals surface area contributed by atoms with Gasteiger partial charge in [0.2, 0.25) is 0 Å². The maximum absolute atomic E-state index is 2.39. The summed E-state index contributed by atoms with van der Waals surface area (Å²) in [6.45, 7) is 4.75. The van der Waals surface area contributed by atoms with Gasteiger partial charge in [-0.2, -0.15) is 0 Å². The second kappa shape index (κ2) is 3.34. The molecule has 0 amide bonds. The SMILES string of the molecule is CC1c2ccccc2C([N+](C)(C)C)C1C. The van der Waals surface area contributed by atoms with Crippen molar-refractivity contribution in [1.82, 2.24) is 0 Å². The zero-order valence-electron chi connectivity index (χ0n) is 10.5. The fourth-order valence-corrected chi connectivity index (χ4v) is 3.16. The van der Waals surface area contributed by atoms with E-state index in [1.165, 1.54) is 0 Å². The molecular formula is C14H22N+. The summed E-state index contributed by atoms with van der Waals surface area (Å²) < 4.78 is 1.03. The van der Waals surface area contributed by atoms with Crippen LogP contribution in [0.4, 0.5) is 0 Å². The van der Waals surface area contributed by atoms with Crippen LogP contribution in [0.2, 0.25) is 0 Å². The van der Waals surface area contributed by atoms with Crippen LogP contribution in [0.5, 0.6) is 0 Å². The molecule has 1 heteroatoms. The first-order chi connectivity index (χ1) is 6.93. The predicted molar refractivity (Wildman–Crippen MR) is 64.8 cm³/mol. The van der Waals surface area contributed by atoms with Gasteiger partial charge in [-0.15, -0.1) is 0 Å². The van der Waals surface area contributed by atoms with Gasteiger partial charge in [-0.25, -0.2) is 0 Å². The maximum Gasteiger partial charge on any atom is 0.117 e. The van der Waals surface area contributed by atoms with Crippen LogP contribution in [-0.2, 0) is 0 Å². The summed E-state index contributed by atoms with van der Waals surface area (Å²) >= 11 is 0. The van der Waals surface area contributed by atoms with Gasteiger partial charge in [0.25, 0.3) is 0 Å². The molecule has 0 bridgehead atoms. The lowest BCUT2D eigenvalue weighted by atomic mass is 9.93. The van der Waals surface area contributed by atoms with E-state index in [1.54, 1.807) is 11.1 Å². The van der Waals surface area contributed by atoms with E-state index in [9.17, 15) is 0 Å². The van der Waals surface area contributed by atoms with Crippen LogP contribution in [0, 0.1) is 5.92 Å². The largest absolute Gasteiger partial charge is 0.324 e. The average molecular weight is 204 g/mol. The van der Waals surface area contributed by atoms with Gasteiger partial charge in [-0.3, -0.25) is 0 Å². The van der Waals surface area contributed by atoms with Gasteiger partial charge in [-0.1, -0.05) is 38.1 Å². The van der Waals surface area contributed by atoms with Crippen molar-refractivity contribution < 1.29 is 4.48 Å². The third-order valence-corrected chi connectivity index (χ3v) is 3.93. The van der Waals surface area contributed by atoms with Crippen molar-refractivity contribution >= 4 is 0 Å². The van der Waals surface area contributed by atoms with Gasteiger partial charge < -0.3 is 4.48 Å². The van der Waals surface area contributed by atoms with E-state index >= 15 is 0 Å². The molecule has 0 radical (unpaired) electrons. The highest BCUT2D eigenvalue weighted by Crippen LogP contribution is 2.48. The van der Waals surface area contributed by atoms with Gasteiger partial charge >= 0.3 is 0 Å². The van der Waals surface area contributed by atoms with Crippen LogP contribution >= 0.6 is 0 Å². The molecule has 0 aliphatic heterocycles. The highest BCUT2D eigenvalue weighted by atomic mass is 15.3. The summed E-state index contributed by atoms with van der Waals surface area (Å²) in [6.07, 6.45) is 0. The van der Waals surface area contributed by atoms with Gasteiger partial charge in [0.15, 0.2) is 0 Å². The first kappa shape index (κ1) is 10.7. The van der Waals surface area contributed by atoms with E-state index in [0.29, 0.717) is 12.0 Å². The van der Waals surface area contributed by atoms with Crippen molar-refractivity contribution in [1.29, 1.82) is 0 Å². The summed E-state index contributed by atoms with van der Waals surface area (Å²) in [5.41, 5.74) is 3.12. The summed E-state index contributed by atoms with van der Waals surface area (Å²) in [5, 5.41) is 0. The molecule has 2 rings (SSSR count). The van der Waals surface area contributed by atoms with Gasteiger partial charge in [0.05, 0.1) is 21.1 Å². The van der Waals surface area contributed by atoms with Gasteiger partial charge in [-0.05, 0) is 11.5 Å². The van der Waals surface area contributed by atoms with Crippen molar-refractivity contribution in [3.8, 4) is 0 Å². The minimum atomic E-state index is 0.649. The van der Waals surface area contributed by atoms with Crippen molar-refractivity contribution in [3.05, 3.63) is 35.4 Å². The van der Waals surface area contributed by atoms with Crippen LogP contribution in [0.25, 0.3) is 0 Å². The number of quaternary nitrogens is 1. The number of hydrogen-bond donors (Lipinski definition) is 0. The molecule has 1 aromatic carbocycles. The Kier molecular flexibility index (Phi) is 2.38. The topological polar surface area (TPSA) is 0 Å². The molecule has 3 unspecified atom stereocenters. The van der Waals surface area contributed by atoms with E-state index < -0.39 is 0 Å². The number of nitrogens with zero attached hydrogens (tertiary/aromatic N) is 1. The summed E-state index contributed by atoms with van der Waals surface area (Å²) in [6, 6.07) is 9.60. The van der Waals surface area contributed by atoms with Crippen molar-refractivity contribution in [2.45, 2.75) is 25.8 Å². The van der Waals surface area contributed by atoms with E-state index in [1.807, 2.05) is 0 Å². The molecule has 0 aromatic heterocycles. The van der Waals surface area contributed by atoms with E-state index in [2.05, 4.69) is 59.3 Å². The highest BCUT2D eigenvalue weighted by Gasteiger charge is 2.42. The Morgan fingerprint density at radius 3 is 2.00 bits per heavy atom. The third-order valence-electron chi connectivity index (χ3n) is 3.93. The molecule has 0 saturated heterocycles. The van der Waals surface area contributed by atoms with Crippen molar-refractivity contribution in [2.24, 2.45) is 5.92 Å². The fraction of sp³-hybridized carbons (Fsp3) is 0.571. The average Bonchev–Trinajstić information content (AvgIpc) is 2.39. The molecular weight excluding hydrogens is 182 g/mol. The normalized spacial score (nSPS) is 30.3. The molecule has 0 saturated carbocycles. The molecule has 0 spiro atoms. The van der Waals surface area contributed by atoms with Gasteiger partial charge in [0, 0.05) is 11.5 Å². The molecule has 1 aliphatic carbocycles. The Morgan fingerprint density at radius 1 is 0.933 bits per heavy atom. The standard InChI is InChI=1S/C14H22N/c1-10-11(2)14(15(3,4)5)13-9-7-6-8-12(10)13/h6-11,14H,1-5H3/q+1. The van der Waals surface area contributed by atoms with Crippen LogP contribution in [0.15, 0.2) is 24.3 Å². The quantitative estimate of drug-likeness (QED) is 0.616. The van der Waals surface area contributed by atoms with E-state index in [4.69, 9.17) is 0 Å². The Bertz CT molecular complexity index is 362. The van der Waals surface area contributed by atoms with Crippen LogP contribution in [-0.4, -0.2) is 25.6 Å². The lowest BCUT2D eigenvalue weighted by Gasteiger charge is -2.35. The maximum atomic E-state index is 2.39. The number of fused-ring (bicyclic) bond motifs is 1. The van der Waals surface area contributed by atoms with E-state index in [0.717, 1.165) is 10.4 Å². The molecule has 1 aliphatic rings. The lowest BCUT2D eigenvalue weighted by molar-refractivity contribution is -0.905. The molecule has 0 fully saturated rings. The molecule has 3 atom stereocenters. The van der Waals surface area contributed by atoms with Gasteiger partial charge in [0.1, 0.15) is 6.04 Å². The zero-order valence-corrected chi connectivity index (χ0v) is 10.5. The van der Waals surface area contributed by atoms with Crippen molar-refractivity contribution in [3.63, 3.8) is 0 Å². The molecule has 1 nitrogen and oxygen atoms in total. The Morgan fingerprint density at radius 2 is 1.47 bits per heavy atom. The summed E-state index contributed by atoms with van der Waals surface area (Å²) in [4.78, 5) is 0. The van der Waals surface area contributed by atoms with Crippen LogP contribution < -0.4 is 0 Å². The molecule has 0 heterocycles. The van der Waals surface area contributed by atoms with Crippen LogP contribution in [0.1, 0.15) is 36.9 Å². The monoisotopic (exact) mass is 204 g/mol. The fourth-order valence-electron chi connectivity index (χ4n) is 3.16. The lowest BCUT2D eigenvalue weighted by Crippen LogP contribution is -2.40. The second-order valence-electron chi connectivity index (χ2n) is 5.84. The molecule has 82 valence electrons. The summed E-state index contributed by atoms with van der Waals surface area (Å²) in [7, 11) is 6.90. The first-order valence-corrected chi connectivity index (χ1v) is 5.83.